The van der Waals surface area contributed by atoms with Gasteiger partial charge in [-0.2, -0.15) is 15.1 Å². The molecule has 2 rings (SSSR count). The standard InChI is InChI=1S/C5H5BrN6/c6-2-1-3(7)9-5(8)10-4(1)12-11-2/h(H5,7,8,9,10,11,12). The summed E-state index contributed by atoms with van der Waals surface area (Å²) < 4.78 is 0.662. The number of H-pyrrole nitrogens is 1. The number of nitrogens with two attached hydrogens (primary N) is 2. The average molecular weight is 229 g/mol. The van der Waals surface area contributed by atoms with Crippen molar-refractivity contribution in [3.05, 3.63) is 4.60 Å². The van der Waals surface area contributed by atoms with Crippen LogP contribution >= 0.6 is 15.9 Å². The number of halogens is 1. The molecule has 0 aliphatic carbocycles. The molecule has 0 saturated carbocycles. The van der Waals surface area contributed by atoms with Crippen LogP contribution < -0.4 is 11.5 Å². The first-order valence-corrected chi connectivity index (χ1v) is 3.90. The first-order chi connectivity index (χ1) is 5.68. The fourth-order valence-electron chi connectivity index (χ4n) is 0.933. The molecule has 0 aromatic carbocycles. The van der Waals surface area contributed by atoms with Crippen molar-refractivity contribution in [2.45, 2.75) is 0 Å². The summed E-state index contributed by atoms with van der Waals surface area (Å²) in [7, 11) is 0. The molecule has 5 N–H and O–H groups in total. The first-order valence-electron chi connectivity index (χ1n) is 3.11. The van der Waals surface area contributed by atoms with E-state index in [1.165, 1.54) is 0 Å². The molecule has 0 unspecified atom stereocenters. The molecule has 0 spiro atoms. The number of aromatic amines is 1. The van der Waals surface area contributed by atoms with Crippen LogP contribution in [0.4, 0.5) is 11.8 Å². The van der Waals surface area contributed by atoms with Gasteiger partial charge in [0.15, 0.2) is 5.65 Å². The summed E-state index contributed by atoms with van der Waals surface area (Å²) >= 11 is 3.22. The summed E-state index contributed by atoms with van der Waals surface area (Å²) in [5, 5.41) is 7.19. The smallest absolute Gasteiger partial charge is 0.224 e. The van der Waals surface area contributed by atoms with E-state index in [0.29, 0.717) is 21.5 Å². The van der Waals surface area contributed by atoms with Crippen LogP contribution in [0.2, 0.25) is 0 Å². The van der Waals surface area contributed by atoms with Crippen molar-refractivity contribution in [1.29, 1.82) is 0 Å². The van der Waals surface area contributed by atoms with E-state index in [1.807, 2.05) is 0 Å². The van der Waals surface area contributed by atoms with Crippen LogP contribution in [0.25, 0.3) is 11.0 Å². The van der Waals surface area contributed by atoms with Gasteiger partial charge in [-0.3, -0.25) is 5.10 Å². The number of hydrogen-bond acceptors (Lipinski definition) is 5. The highest BCUT2D eigenvalue weighted by Gasteiger charge is 2.09. The maximum Gasteiger partial charge on any atom is 0.224 e. The monoisotopic (exact) mass is 228 g/mol. The fourth-order valence-corrected chi connectivity index (χ4v) is 1.40. The minimum atomic E-state index is 0.124. The van der Waals surface area contributed by atoms with E-state index in [4.69, 9.17) is 11.5 Å². The van der Waals surface area contributed by atoms with Gasteiger partial charge in [-0.1, -0.05) is 0 Å². The third kappa shape index (κ3) is 0.900. The Balaban J connectivity index is 2.93. The van der Waals surface area contributed by atoms with Crippen molar-refractivity contribution in [3.63, 3.8) is 0 Å². The van der Waals surface area contributed by atoms with Gasteiger partial charge in [-0.15, -0.1) is 0 Å². The highest BCUT2D eigenvalue weighted by Crippen LogP contribution is 2.24. The van der Waals surface area contributed by atoms with Crippen molar-refractivity contribution < 1.29 is 0 Å². The van der Waals surface area contributed by atoms with Crippen molar-refractivity contribution in [1.82, 2.24) is 20.2 Å². The number of nitrogens with one attached hydrogen (secondary N) is 1. The highest BCUT2D eigenvalue weighted by molar-refractivity contribution is 9.10. The van der Waals surface area contributed by atoms with Crippen molar-refractivity contribution in [2.24, 2.45) is 0 Å². The van der Waals surface area contributed by atoms with E-state index in [0.717, 1.165) is 0 Å². The summed E-state index contributed by atoms with van der Waals surface area (Å²) in [6.07, 6.45) is 0. The predicted molar refractivity (Wildman–Crippen MR) is 48.2 cm³/mol. The SMILES string of the molecule is Nc1nc(N)c2c(Br)[nH]nc2n1. The van der Waals surface area contributed by atoms with Gasteiger partial charge < -0.3 is 11.5 Å². The number of fused-ring (bicyclic) bond motifs is 1. The number of nitrogen functional groups attached to an aromatic ring is 2. The van der Waals surface area contributed by atoms with E-state index in [1.54, 1.807) is 0 Å². The Kier molecular flexibility index (Phi) is 1.40. The normalized spacial score (nSPS) is 10.8. The topological polar surface area (TPSA) is 106 Å². The third-order valence-corrected chi connectivity index (χ3v) is 1.99. The Hall–Kier alpha value is -1.37. The van der Waals surface area contributed by atoms with Crippen LogP contribution in [0.3, 0.4) is 0 Å². The van der Waals surface area contributed by atoms with Gasteiger partial charge in [0.1, 0.15) is 10.4 Å². The summed E-state index contributed by atoms with van der Waals surface area (Å²) in [6, 6.07) is 0. The zero-order valence-corrected chi connectivity index (χ0v) is 7.46. The van der Waals surface area contributed by atoms with E-state index in [9.17, 15) is 0 Å². The first kappa shape index (κ1) is 7.29. The van der Waals surface area contributed by atoms with Crippen LogP contribution in [-0.4, -0.2) is 20.2 Å². The van der Waals surface area contributed by atoms with Crippen molar-refractivity contribution >= 4 is 38.7 Å². The quantitative estimate of drug-likeness (QED) is 0.601. The third-order valence-electron chi connectivity index (χ3n) is 1.41. The second-order valence-electron chi connectivity index (χ2n) is 2.20. The lowest BCUT2D eigenvalue weighted by molar-refractivity contribution is 1.08. The van der Waals surface area contributed by atoms with E-state index in [2.05, 4.69) is 36.1 Å². The molecule has 7 heteroatoms. The largest absolute Gasteiger partial charge is 0.383 e. The average Bonchev–Trinajstić information content (AvgIpc) is 2.31. The van der Waals surface area contributed by atoms with E-state index in [-0.39, 0.29) is 5.95 Å². The van der Waals surface area contributed by atoms with Gasteiger partial charge in [0, 0.05) is 0 Å². The fraction of sp³-hybridized carbons (Fsp3) is 0. The Labute approximate surface area is 75.5 Å². The zero-order chi connectivity index (χ0) is 8.72. The molecule has 0 amide bonds. The second-order valence-corrected chi connectivity index (χ2v) is 3.00. The molecule has 0 aliphatic rings. The maximum absolute atomic E-state index is 5.58. The van der Waals surface area contributed by atoms with Crippen LogP contribution in [0.15, 0.2) is 4.60 Å². The van der Waals surface area contributed by atoms with Crippen LogP contribution in [-0.2, 0) is 0 Å². The predicted octanol–water partition coefficient (Wildman–Crippen LogP) is 0.280. The highest BCUT2D eigenvalue weighted by atomic mass is 79.9. The van der Waals surface area contributed by atoms with Crippen molar-refractivity contribution in [3.8, 4) is 0 Å². The lowest BCUT2D eigenvalue weighted by Crippen LogP contribution is -1.99. The van der Waals surface area contributed by atoms with Crippen LogP contribution in [0.1, 0.15) is 0 Å². The molecule has 0 aliphatic heterocycles. The van der Waals surface area contributed by atoms with Crippen LogP contribution in [0, 0.1) is 0 Å². The van der Waals surface area contributed by atoms with Gasteiger partial charge in [0.05, 0.1) is 5.39 Å². The molecule has 0 bridgehead atoms. The summed E-state index contributed by atoms with van der Waals surface area (Å²) in [5.74, 6) is 0.442. The molecule has 6 nitrogen and oxygen atoms in total. The number of nitrogens with zero attached hydrogens (tertiary/aromatic N) is 3. The maximum atomic E-state index is 5.58. The number of hydrogen-bond donors (Lipinski definition) is 3. The minimum absolute atomic E-state index is 0.124. The van der Waals surface area contributed by atoms with Gasteiger partial charge in [-0.25, -0.2) is 0 Å². The Morgan fingerprint density at radius 2 is 2.00 bits per heavy atom. The van der Waals surface area contributed by atoms with Crippen molar-refractivity contribution in [2.75, 3.05) is 11.5 Å². The lowest BCUT2D eigenvalue weighted by Gasteiger charge is -1.95. The van der Waals surface area contributed by atoms with Gasteiger partial charge >= 0.3 is 0 Å². The number of anilines is 2. The summed E-state index contributed by atoms with van der Waals surface area (Å²) in [4.78, 5) is 7.66. The number of rotatable bonds is 0. The molecular formula is C5H5BrN6. The van der Waals surface area contributed by atoms with Gasteiger partial charge in [0.25, 0.3) is 0 Å². The molecule has 12 heavy (non-hydrogen) atoms. The molecular weight excluding hydrogens is 224 g/mol. The summed E-state index contributed by atoms with van der Waals surface area (Å²) in [5.41, 5.74) is 11.4. The minimum Gasteiger partial charge on any atom is -0.383 e. The Morgan fingerprint density at radius 1 is 1.25 bits per heavy atom. The Morgan fingerprint density at radius 3 is 2.75 bits per heavy atom. The zero-order valence-electron chi connectivity index (χ0n) is 5.87. The van der Waals surface area contributed by atoms with E-state index < -0.39 is 0 Å². The molecule has 0 fully saturated rings. The number of aromatic nitrogens is 4. The summed E-state index contributed by atoms with van der Waals surface area (Å²) in [6.45, 7) is 0. The molecule has 0 saturated heterocycles. The molecule has 2 aromatic heterocycles. The van der Waals surface area contributed by atoms with Gasteiger partial charge in [-0.05, 0) is 15.9 Å². The van der Waals surface area contributed by atoms with Gasteiger partial charge in [0.2, 0.25) is 5.95 Å². The molecule has 62 valence electrons. The van der Waals surface area contributed by atoms with Crippen LogP contribution in [0.5, 0.6) is 0 Å². The molecule has 0 radical (unpaired) electrons. The van der Waals surface area contributed by atoms with E-state index >= 15 is 0 Å². The molecule has 0 atom stereocenters. The second kappa shape index (κ2) is 2.31. The lowest BCUT2D eigenvalue weighted by atomic mass is 10.4. The molecule has 2 aromatic rings. The Bertz CT molecular complexity index is 435. The molecule has 2 heterocycles.